The molecule has 0 aromatic rings. The zero-order valence-electron chi connectivity index (χ0n) is 29.1. The van der Waals surface area contributed by atoms with Gasteiger partial charge in [0.25, 0.3) is 5.54 Å². The lowest BCUT2D eigenvalue weighted by Crippen LogP contribution is -2.48. The summed E-state index contributed by atoms with van der Waals surface area (Å²) in [6.45, 7) is 3.37. The zero-order valence-corrected chi connectivity index (χ0v) is 30.0. The van der Waals surface area contributed by atoms with Crippen LogP contribution in [0.1, 0.15) is 194 Å². The number of aliphatic carboxylic acids is 1. The second-order valence-electron chi connectivity index (χ2n) is 12.8. The Hall–Kier alpha value is -1.43. The summed E-state index contributed by atoms with van der Waals surface area (Å²) < 4.78 is 3.65. The summed E-state index contributed by atoms with van der Waals surface area (Å²) in [4.78, 5) is 49.8. The van der Waals surface area contributed by atoms with Crippen molar-refractivity contribution in [2.24, 2.45) is 4.74 Å². The first-order chi connectivity index (χ1) is 21.9. The average Bonchev–Trinajstić information content (AvgIpc) is 3.03. The van der Waals surface area contributed by atoms with Crippen LogP contribution in [-0.4, -0.2) is 39.6 Å². The molecule has 0 spiro atoms. The molecule has 0 fully saturated rings. The van der Waals surface area contributed by atoms with E-state index in [1.54, 1.807) is 0 Å². The van der Waals surface area contributed by atoms with Gasteiger partial charge >= 0.3 is 11.5 Å². The summed E-state index contributed by atoms with van der Waals surface area (Å²) in [5.74, 6) is -2.43. The van der Waals surface area contributed by atoms with E-state index in [0.717, 1.165) is 64.2 Å². The molecule has 0 aromatic carbocycles. The quantitative estimate of drug-likeness (QED) is 0.0308. The number of allylic oxidation sites excluding steroid dienone is 2. The standard InChI is InChI=1S/C37H68NO6P/c1-3-5-7-9-11-13-15-17-18-20-22-24-26-28-30-32-35(41)45(44)38-37(33-39,36(42)43)34(40)31-29-27-25-23-21-19-16-14-12-10-8-6-4-2/h17-18,39H,3-16,19-33H2,1-2H3,(H,42,43)/b18-17-/t37-/m1/s1. The van der Waals surface area contributed by atoms with Crippen molar-refractivity contribution < 1.29 is 29.5 Å². The molecule has 2 N–H and O–H groups in total. The van der Waals surface area contributed by atoms with Crippen LogP contribution in [0.15, 0.2) is 16.9 Å². The monoisotopic (exact) mass is 653 g/mol. The number of carboxylic acid groups (broad SMARTS) is 1. The Kier molecular flexibility index (Phi) is 30.2. The lowest BCUT2D eigenvalue weighted by molar-refractivity contribution is -0.164. The molecule has 8 heteroatoms. The third kappa shape index (κ3) is 23.5. The SMILES string of the molecule is CCCCCCCC/C=C\CCCCCCCC(=O)[P+]([O-])=N[C@@](CO)(C(=O)O)C(=O)CCCCCCCCCCCCCCC. The minimum absolute atomic E-state index is 0.0328. The molecule has 2 atom stereocenters. The second kappa shape index (κ2) is 31.2. The minimum Gasteiger partial charge on any atom is -0.605 e. The summed E-state index contributed by atoms with van der Waals surface area (Å²) >= 11 is 0. The van der Waals surface area contributed by atoms with Crippen LogP contribution in [0.4, 0.5) is 0 Å². The van der Waals surface area contributed by atoms with Gasteiger partial charge in [-0.25, -0.2) is 9.59 Å². The maximum Gasteiger partial charge on any atom is 0.346 e. The third-order valence-electron chi connectivity index (χ3n) is 8.68. The Bertz CT molecular complexity index is 815. The smallest absolute Gasteiger partial charge is 0.346 e. The average molecular weight is 654 g/mol. The van der Waals surface area contributed by atoms with Crippen LogP contribution in [0, 0.1) is 0 Å². The van der Waals surface area contributed by atoms with E-state index in [1.165, 1.54) is 89.9 Å². The Morgan fingerprint density at radius 1 is 0.600 bits per heavy atom. The van der Waals surface area contributed by atoms with Gasteiger partial charge < -0.3 is 15.1 Å². The fourth-order valence-electron chi connectivity index (χ4n) is 5.57. The minimum atomic E-state index is -2.91. The topological polar surface area (TPSA) is 127 Å². The Balaban J connectivity index is 4.22. The fourth-order valence-corrected chi connectivity index (χ4v) is 6.60. The van der Waals surface area contributed by atoms with Gasteiger partial charge in [0.15, 0.2) is 5.78 Å². The number of aliphatic hydroxyl groups excluding tert-OH is 1. The van der Waals surface area contributed by atoms with Gasteiger partial charge in [-0.3, -0.25) is 4.79 Å². The Labute approximate surface area is 277 Å². The molecule has 0 radical (unpaired) electrons. The Morgan fingerprint density at radius 2 is 0.956 bits per heavy atom. The van der Waals surface area contributed by atoms with E-state index in [-0.39, 0.29) is 12.8 Å². The van der Waals surface area contributed by atoms with Gasteiger partial charge in [-0.1, -0.05) is 159 Å². The molecule has 0 aliphatic heterocycles. The molecular formula is C37H68NO6P. The predicted octanol–water partition coefficient (Wildman–Crippen LogP) is 10.4. The molecule has 262 valence electrons. The maximum absolute atomic E-state index is 12.8. The van der Waals surface area contributed by atoms with Crippen molar-refractivity contribution in [1.82, 2.24) is 0 Å². The van der Waals surface area contributed by atoms with Gasteiger partial charge in [0.05, 0.1) is 13.0 Å². The van der Waals surface area contributed by atoms with Gasteiger partial charge in [0, 0.05) is 6.42 Å². The summed E-state index contributed by atoms with van der Waals surface area (Å²) in [7, 11) is -2.91. The number of aliphatic hydroxyl groups is 1. The van der Waals surface area contributed by atoms with Gasteiger partial charge in [0.1, 0.15) is 0 Å². The van der Waals surface area contributed by atoms with Gasteiger partial charge in [0.2, 0.25) is 7.94 Å². The van der Waals surface area contributed by atoms with Gasteiger partial charge in [-0.05, 0) is 38.5 Å². The first-order valence-electron chi connectivity index (χ1n) is 18.6. The number of ketones is 1. The second-order valence-corrected chi connectivity index (χ2v) is 14.1. The number of carboxylic acids is 1. The molecule has 1 unspecified atom stereocenters. The van der Waals surface area contributed by atoms with Crippen molar-refractivity contribution in [3.05, 3.63) is 12.2 Å². The largest absolute Gasteiger partial charge is 0.605 e. The number of Topliss-reactive ketones (excluding diaryl/α,β-unsaturated/α-hetero) is 1. The molecule has 0 aliphatic rings. The molecule has 0 bridgehead atoms. The number of hydrogen-bond donors (Lipinski definition) is 2. The summed E-state index contributed by atoms with van der Waals surface area (Å²) in [5.41, 5.74) is -3.18. The van der Waals surface area contributed by atoms with E-state index in [2.05, 4.69) is 30.7 Å². The van der Waals surface area contributed by atoms with E-state index in [9.17, 15) is 29.5 Å². The van der Waals surface area contributed by atoms with Crippen molar-refractivity contribution in [2.75, 3.05) is 6.61 Å². The number of hydrogen-bond acceptors (Lipinski definition) is 6. The molecule has 0 aromatic heterocycles. The maximum atomic E-state index is 12.8. The van der Waals surface area contributed by atoms with Crippen LogP contribution in [-0.2, 0) is 14.4 Å². The van der Waals surface area contributed by atoms with Crippen molar-refractivity contribution in [1.29, 1.82) is 0 Å². The van der Waals surface area contributed by atoms with E-state index in [1.807, 2.05) is 0 Å². The number of unbranched alkanes of at least 4 members (excludes halogenated alkanes) is 23. The first kappa shape index (κ1) is 43.6. The molecule has 45 heavy (non-hydrogen) atoms. The molecular weight excluding hydrogens is 585 g/mol. The molecule has 7 nitrogen and oxygen atoms in total. The third-order valence-corrected chi connectivity index (χ3v) is 9.85. The van der Waals surface area contributed by atoms with Crippen LogP contribution in [0.5, 0.6) is 0 Å². The van der Waals surface area contributed by atoms with Crippen LogP contribution >= 0.6 is 7.94 Å². The highest BCUT2D eigenvalue weighted by Crippen LogP contribution is 2.29. The highest BCUT2D eigenvalue weighted by molar-refractivity contribution is 7.59. The summed E-state index contributed by atoms with van der Waals surface area (Å²) in [6.07, 6.45) is 34.0. The molecule has 0 rings (SSSR count). The van der Waals surface area contributed by atoms with Crippen LogP contribution in [0.25, 0.3) is 0 Å². The van der Waals surface area contributed by atoms with Gasteiger partial charge in [-0.15, -0.1) is 0 Å². The van der Waals surface area contributed by atoms with Crippen molar-refractivity contribution >= 4 is 25.2 Å². The number of carbonyl (C=O) groups is 3. The number of carbonyl (C=O) groups excluding carboxylic acids is 2. The lowest BCUT2D eigenvalue weighted by Gasteiger charge is -2.18. The predicted molar refractivity (Wildman–Crippen MR) is 187 cm³/mol. The Morgan fingerprint density at radius 3 is 1.33 bits per heavy atom. The first-order valence-corrected chi connectivity index (χ1v) is 19.8. The highest BCUT2D eigenvalue weighted by atomic mass is 31.1. The van der Waals surface area contributed by atoms with E-state index in [4.69, 9.17) is 0 Å². The molecule has 0 amide bonds. The number of rotatable bonds is 34. The van der Waals surface area contributed by atoms with Gasteiger partial charge in [-0.2, -0.15) is 0 Å². The van der Waals surface area contributed by atoms with Crippen molar-refractivity contribution in [3.63, 3.8) is 0 Å². The van der Waals surface area contributed by atoms with E-state index < -0.39 is 37.4 Å². The molecule has 0 heterocycles. The number of nitrogens with zero attached hydrogens (tertiary/aromatic N) is 1. The van der Waals surface area contributed by atoms with Crippen LogP contribution in [0.2, 0.25) is 0 Å². The zero-order chi connectivity index (χ0) is 33.4. The van der Waals surface area contributed by atoms with Crippen molar-refractivity contribution in [2.45, 2.75) is 199 Å². The normalized spacial score (nSPS) is 13.4. The highest BCUT2D eigenvalue weighted by Gasteiger charge is 2.49. The lowest BCUT2D eigenvalue weighted by atomic mass is 9.92. The summed E-state index contributed by atoms with van der Waals surface area (Å²) in [5, 5.41) is 19.6. The van der Waals surface area contributed by atoms with E-state index in [0.29, 0.717) is 12.8 Å². The molecule has 0 saturated heterocycles. The van der Waals surface area contributed by atoms with E-state index >= 15 is 0 Å². The fraction of sp³-hybridized carbons (Fsp3) is 0.865. The van der Waals surface area contributed by atoms with Crippen LogP contribution in [0.3, 0.4) is 0 Å². The molecule has 0 saturated carbocycles. The summed E-state index contributed by atoms with van der Waals surface area (Å²) in [6, 6.07) is 0. The molecule has 0 aliphatic carbocycles. The van der Waals surface area contributed by atoms with Crippen molar-refractivity contribution in [3.8, 4) is 0 Å². The van der Waals surface area contributed by atoms with Crippen LogP contribution < -0.4 is 4.89 Å².